The molecule has 0 saturated carbocycles. The van der Waals surface area contributed by atoms with E-state index in [2.05, 4.69) is 54.5 Å². The molecule has 0 saturated heterocycles. The number of rotatable bonds is 5. The fourth-order valence-corrected chi connectivity index (χ4v) is 2.08. The summed E-state index contributed by atoms with van der Waals surface area (Å²) in [7, 11) is 0. The topological polar surface area (TPSA) is 54.5 Å². The average Bonchev–Trinajstić information content (AvgIpc) is 2.81. The van der Waals surface area contributed by atoms with E-state index in [0.717, 1.165) is 31.5 Å². The maximum atomic E-state index is 9.07. The Balaban J connectivity index is 2.12. The molecule has 0 aliphatic heterocycles. The molecule has 1 aromatic carbocycles. The van der Waals surface area contributed by atoms with Gasteiger partial charge in [-0.15, -0.1) is 5.10 Å². The third-order valence-electron chi connectivity index (χ3n) is 3.15. The Hall–Kier alpha value is -2.15. The number of hydrogen-bond acceptors (Lipinski definition) is 3. The first-order valence-corrected chi connectivity index (χ1v) is 6.62. The van der Waals surface area contributed by atoms with Gasteiger partial charge < -0.3 is 0 Å². The molecule has 2 aromatic rings. The fraction of sp³-hybridized carbons (Fsp3) is 0.400. The minimum Gasteiger partial charge on any atom is -0.248 e. The fourth-order valence-electron chi connectivity index (χ4n) is 2.08. The van der Waals surface area contributed by atoms with E-state index in [1.165, 1.54) is 11.1 Å². The first-order chi connectivity index (χ1) is 9.24. The summed E-state index contributed by atoms with van der Waals surface area (Å²) in [5, 5.41) is 17.0. The first-order valence-electron chi connectivity index (χ1n) is 6.62. The monoisotopic (exact) mass is 254 g/mol. The van der Waals surface area contributed by atoms with Crippen molar-refractivity contribution in [3.05, 3.63) is 46.8 Å². The first kappa shape index (κ1) is 13.3. The highest BCUT2D eigenvalue weighted by molar-refractivity contribution is 5.27. The number of aromatic nitrogens is 3. The minimum atomic E-state index is 0.459. The third-order valence-corrected chi connectivity index (χ3v) is 3.15. The van der Waals surface area contributed by atoms with Crippen molar-refractivity contribution in [3.8, 4) is 6.07 Å². The second kappa shape index (κ2) is 6.14. The summed E-state index contributed by atoms with van der Waals surface area (Å²) in [5.41, 5.74) is 3.95. The van der Waals surface area contributed by atoms with E-state index in [-0.39, 0.29) is 0 Å². The Kier molecular flexibility index (Phi) is 4.30. The molecule has 4 nitrogen and oxygen atoms in total. The quantitative estimate of drug-likeness (QED) is 0.824. The van der Waals surface area contributed by atoms with E-state index in [4.69, 9.17) is 5.26 Å². The zero-order chi connectivity index (χ0) is 13.7. The molecule has 19 heavy (non-hydrogen) atoms. The van der Waals surface area contributed by atoms with E-state index in [0.29, 0.717) is 5.69 Å². The van der Waals surface area contributed by atoms with Crippen molar-refractivity contribution in [2.45, 2.75) is 39.7 Å². The molecule has 0 N–H and O–H groups in total. The van der Waals surface area contributed by atoms with Crippen LogP contribution in [0.15, 0.2) is 24.3 Å². The van der Waals surface area contributed by atoms with Gasteiger partial charge in [-0.25, -0.2) is 4.68 Å². The van der Waals surface area contributed by atoms with Gasteiger partial charge in [0.2, 0.25) is 0 Å². The molecular formula is C15H18N4. The van der Waals surface area contributed by atoms with Crippen molar-refractivity contribution in [2.75, 3.05) is 0 Å². The zero-order valence-electron chi connectivity index (χ0n) is 11.4. The van der Waals surface area contributed by atoms with Gasteiger partial charge in [0.05, 0.1) is 5.69 Å². The molecule has 98 valence electrons. The van der Waals surface area contributed by atoms with Crippen molar-refractivity contribution < 1.29 is 0 Å². The Morgan fingerprint density at radius 1 is 1.21 bits per heavy atom. The lowest BCUT2D eigenvalue weighted by Crippen LogP contribution is -2.06. The molecule has 2 rings (SSSR count). The lowest BCUT2D eigenvalue weighted by atomic mass is 10.1. The standard InChI is InChI=1S/C15H18N4/c1-3-10-19-15(14(11-16)17-18-19)9-8-13-6-4-12(2)5-7-13/h4-7H,3,8-10H2,1-2H3. The second-order valence-electron chi connectivity index (χ2n) is 4.71. The van der Waals surface area contributed by atoms with Crippen LogP contribution in [0.5, 0.6) is 0 Å². The van der Waals surface area contributed by atoms with Crippen LogP contribution in [0.4, 0.5) is 0 Å². The van der Waals surface area contributed by atoms with E-state index in [1.807, 2.05) is 4.68 Å². The van der Waals surface area contributed by atoms with Crippen LogP contribution in [0, 0.1) is 18.3 Å². The molecular weight excluding hydrogens is 236 g/mol. The molecule has 0 radical (unpaired) electrons. The summed E-state index contributed by atoms with van der Waals surface area (Å²) in [6.07, 6.45) is 2.71. The van der Waals surface area contributed by atoms with Crippen LogP contribution in [-0.4, -0.2) is 15.0 Å². The molecule has 0 spiro atoms. The third kappa shape index (κ3) is 3.19. The summed E-state index contributed by atoms with van der Waals surface area (Å²) in [5.74, 6) is 0. The smallest absolute Gasteiger partial charge is 0.185 e. The van der Waals surface area contributed by atoms with Crippen LogP contribution in [0.2, 0.25) is 0 Å². The van der Waals surface area contributed by atoms with Gasteiger partial charge in [0.1, 0.15) is 6.07 Å². The number of hydrogen-bond donors (Lipinski definition) is 0. The molecule has 0 bridgehead atoms. The molecule has 0 unspecified atom stereocenters. The van der Waals surface area contributed by atoms with Crippen molar-refractivity contribution in [1.29, 1.82) is 5.26 Å². The Labute approximate surface area is 113 Å². The molecule has 4 heteroatoms. The Bertz CT molecular complexity index is 575. The van der Waals surface area contributed by atoms with Crippen molar-refractivity contribution >= 4 is 0 Å². The maximum absolute atomic E-state index is 9.07. The highest BCUT2D eigenvalue weighted by Gasteiger charge is 2.11. The van der Waals surface area contributed by atoms with Crippen molar-refractivity contribution in [2.24, 2.45) is 0 Å². The van der Waals surface area contributed by atoms with Gasteiger partial charge in [0.15, 0.2) is 5.69 Å². The van der Waals surface area contributed by atoms with E-state index in [1.54, 1.807) is 0 Å². The Morgan fingerprint density at radius 3 is 2.58 bits per heavy atom. The highest BCUT2D eigenvalue weighted by atomic mass is 15.4. The lowest BCUT2D eigenvalue weighted by molar-refractivity contribution is 0.554. The second-order valence-corrected chi connectivity index (χ2v) is 4.71. The van der Waals surface area contributed by atoms with Gasteiger partial charge in [-0.2, -0.15) is 5.26 Å². The summed E-state index contributed by atoms with van der Waals surface area (Å²) in [6, 6.07) is 10.6. The summed E-state index contributed by atoms with van der Waals surface area (Å²) in [4.78, 5) is 0. The van der Waals surface area contributed by atoms with E-state index < -0.39 is 0 Å². The maximum Gasteiger partial charge on any atom is 0.185 e. The van der Waals surface area contributed by atoms with Gasteiger partial charge in [-0.05, 0) is 31.7 Å². The average molecular weight is 254 g/mol. The number of benzene rings is 1. The molecule has 0 aliphatic rings. The SMILES string of the molecule is CCCn1nnc(C#N)c1CCc1ccc(C)cc1. The van der Waals surface area contributed by atoms with E-state index >= 15 is 0 Å². The van der Waals surface area contributed by atoms with Crippen LogP contribution in [0.3, 0.4) is 0 Å². The largest absolute Gasteiger partial charge is 0.248 e. The van der Waals surface area contributed by atoms with Gasteiger partial charge in [-0.1, -0.05) is 42.0 Å². The minimum absolute atomic E-state index is 0.459. The number of aryl methyl sites for hydroxylation is 3. The molecule has 0 fully saturated rings. The molecule has 1 heterocycles. The zero-order valence-corrected chi connectivity index (χ0v) is 11.4. The Morgan fingerprint density at radius 2 is 1.95 bits per heavy atom. The molecule has 0 atom stereocenters. The summed E-state index contributed by atoms with van der Waals surface area (Å²) < 4.78 is 1.85. The van der Waals surface area contributed by atoms with Crippen LogP contribution in [-0.2, 0) is 19.4 Å². The van der Waals surface area contributed by atoms with Crippen LogP contribution >= 0.6 is 0 Å². The number of nitrogens with zero attached hydrogens (tertiary/aromatic N) is 4. The predicted molar refractivity (Wildman–Crippen MR) is 73.6 cm³/mol. The molecule has 0 aliphatic carbocycles. The van der Waals surface area contributed by atoms with Crippen LogP contribution < -0.4 is 0 Å². The van der Waals surface area contributed by atoms with Crippen molar-refractivity contribution in [1.82, 2.24) is 15.0 Å². The van der Waals surface area contributed by atoms with Gasteiger partial charge in [0.25, 0.3) is 0 Å². The van der Waals surface area contributed by atoms with Crippen molar-refractivity contribution in [3.63, 3.8) is 0 Å². The van der Waals surface area contributed by atoms with Gasteiger partial charge in [-0.3, -0.25) is 0 Å². The normalized spacial score (nSPS) is 10.4. The predicted octanol–water partition coefficient (Wildman–Crippen LogP) is 2.65. The molecule has 1 aromatic heterocycles. The van der Waals surface area contributed by atoms with Gasteiger partial charge in [0, 0.05) is 6.54 Å². The van der Waals surface area contributed by atoms with Crippen LogP contribution in [0.1, 0.15) is 35.9 Å². The van der Waals surface area contributed by atoms with E-state index in [9.17, 15) is 0 Å². The lowest BCUT2D eigenvalue weighted by Gasteiger charge is -2.05. The van der Waals surface area contributed by atoms with Crippen LogP contribution in [0.25, 0.3) is 0 Å². The summed E-state index contributed by atoms with van der Waals surface area (Å²) >= 11 is 0. The number of nitriles is 1. The van der Waals surface area contributed by atoms with Gasteiger partial charge >= 0.3 is 0 Å². The summed E-state index contributed by atoms with van der Waals surface area (Å²) in [6.45, 7) is 4.99. The highest BCUT2D eigenvalue weighted by Crippen LogP contribution is 2.11. The molecule has 0 amide bonds.